The summed E-state index contributed by atoms with van der Waals surface area (Å²) in [4.78, 5) is 23.3. The fourth-order valence-electron chi connectivity index (χ4n) is 3.30. The molecule has 0 radical (unpaired) electrons. The van der Waals surface area contributed by atoms with Gasteiger partial charge >= 0.3 is 5.97 Å². The number of carbonyl (C=O) groups is 2. The Morgan fingerprint density at radius 2 is 1.20 bits per heavy atom. The quantitative estimate of drug-likeness (QED) is 0.145. The van der Waals surface area contributed by atoms with Crippen molar-refractivity contribution in [2.24, 2.45) is 5.73 Å². The van der Waals surface area contributed by atoms with Crippen LogP contribution in [0.3, 0.4) is 0 Å². The molecule has 0 heterocycles. The predicted molar refractivity (Wildman–Crippen MR) is 114 cm³/mol. The molecule has 4 atom stereocenters. The number of rotatable bonds is 20. The van der Waals surface area contributed by atoms with Crippen molar-refractivity contribution in [2.75, 3.05) is 6.61 Å². The second-order valence-electron chi connectivity index (χ2n) is 8.04. The molecular weight excluding hydrogens is 390 g/mol. The van der Waals surface area contributed by atoms with Crippen molar-refractivity contribution >= 4 is 11.9 Å². The number of unbranched alkanes of at least 4 members (excludes halogenated alkanes) is 12. The Labute approximate surface area is 180 Å². The zero-order valence-corrected chi connectivity index (χ0v) is 18.5. The minimum atomic E-state index is -1.92. The Hall–Kier alpha value is -1.22. The Bertz CT molecular complexity index is 447. The van der Waals surface area contributed by atoms with E-state index < -0.39 is 42.9 Å². The van der Waals surface area contributed by atoms with E-state index in [1.807, 2.05) is 0 Å². The summed E-state index contributed by atoms with van der Waals surface area (Å²) < 4.78 is 4.88. The molecule has 1 amide bonds. The van der Waals surface area contributed by atoms with Crippen LogP contribution >= 0.6 is 0 Å². The van der Waals surface area contributed by atoms with Crippen molar-refractivity contribution in [1.82, 2.24) is 0 Å². The SMILES string of the molecule is CCCCCCCCCCCCCCCC(=O)O[C@@H](C(N)=O)[C@@H](O)[C@H](O)[C@H](O)CO. The minimum absolute atomic E-state index is 0.0763. The summed E-state index contributed by atoms with van der Waals surface area (Å²) in [5, 5.41) is 37.7. The number of ether oxygens (including phenoxy) is 1. The molecule has 0 aliphatic heterocycles. The maximum Gasteiger partial charge on any atom is 0.306 e. The lowest BCUT2D eigenvalue weighted by atomic mass is 10.0. The largest absolute Gasteiger partial charge is 0.449 e. The van der Waals surface area contributed by atoms with Crippen LogP contribution in [-0.4, -0.2) is 63.3 Å². The summed E-state index contributed by atoms with van der Waals surface area (Å²) in [5.74, 6) is -1.84. The second-order valence-corrected chi connectivity index (χ2v) is 8.04. The van der Waals surface area contributed by atoms with Gasteiger partial charge in [-0.25, -0.2) is 0 Å². The standard InChI is InChI=1S/C22H43NO7/c1-2-3-4-5-6-7-8-9-10-11-12-13-14-15-18(26)30-21(22(23)29)20(28)19(27)17(25)16-24/h17,19-21,24-25,27-28H,2-16H2,1H3,(H2,23,29)/t17-,19-,20+,21-/m1/s1. The van der Waals surface area contributed by atoms with Gasteiger partial charge < -0.3 is 30.9 Å². The van der Waals surface area contributed by atoms with E-state index in [9.17, 15) is 24.9 Å². The molecule has 0 fully saturated rings. The van der Waals surface area contributed by atoms with Crippen LogP contribution in [0.4, 0.5) is 0 Å². The molecule has 0 aliphatic carbocycles. The van der Waals surface area contributed by atoms with Gasteiger partial charge in [-0.2, -0.15) is 0 Å². The Balaban J connectivity index is 3.83. The molecular formula is C22H43NO7. The molecule has 0 unspecified atom stereocenters. The molecule has 0 aromatic heterocycles. The molecule has 0 rings (SSSR count). The van der Waals surface area contributed by atoms with Gasteiger partial charge in [0.2, 0.25) is 6.10 Å². The van der Waals surface area contributed by atoms with Crippen LogP contribution in [0.1, 0.15) is 96.8 Å². The van der Waals surface area contributed by atoms with Crippen molar-refractivity contribution in [1.29, 1.82) is 0 Å². The molecule has 0 spiro atoms. The van der Waals surface area contributed by atoms with Gasteiger partial charge in [0.25, 0.3) is 5.91 Å². The number of primary amides is 1. The van der Waals surface area contributed by atoms with Gasteiger partial charge in [-0.05, 0) is 6.42 Å². The number of carbonyl (C=O) groups excluding carboxylic acids is 2. The lowest BCUT2D eigenvalue weighted by molar-refractivity contribution is -0.172. The summed E-state index contributed by atoms with van der Waals surface area (Å²) in [5.41, 5.74) is 5.11. The van der Waals surface area contributed by atoms with Crippen molar-refractivity contribution in [3.8, 4) is 0 Å². The lowest BCUT2D eigenvalue weighted by Crippen LogP contribution is -2.52. The summed E-state index contributed by atoms with van der Waals surface area (Å²) in [6, 6.07) is 0. The third-order valence-corrected chi connectivity index (χ3v) is 5.26. The van der Waals surface area contributed by atoms with Crippen molar-refractivity contribution in [3.05, 3.63) is 0 Å². The molecule has 0 aromatic carbocycles. The normalized spacial score (nSPS) is 15.4. The molecule has 0 saturated carbocycles. The first-order chi connectivity index (χ1) is 14.3. The fraction of sp³-hybridized carbons (Fsp3) is 0.909. The highest BCUT2D eigenvalue weighted by Gasteiger charge is 2.37. The number of hydrogen-bond donors (Lipinski definition) is 5. The lowest BCUT2D eigenvalue weighted by Gasteiger charge is -2.26. The topological polar surface area (TPSA) is 150 Å². The van der Waals surface area contributed by atoms with E-state index in [2.05, 4.69) is 6.92 Å². The van der Waals surface area contributed by atoms with Crippen LogP contribution in [-0.2, 0) is 14.3 Å². The van der Waals surface area contributed by atoms with E-state index in [0.717, 1.165) is 19.3 Å². The van der Waals surface area contributed by atoms with Crippen LogP contribution in [0, 0.1) is 0 Å². The highest BCUT2D eigenvalue weighted by Crippen LogP contribution is 2.14. The summed E-state index contributed by atoms with van der Waals surface area (Å²) in [6.45, 7) is 1.40. The summed E-state index contributed by atoms with van der Waals surface area (Å²) in [6.07, 6.45) is 8.13. The Morgan fingerprint density at radius 3 is 1.60 bits per heavy atom. The number of nitrogens with two attached hydrogens (primary N) is 1. The molecule has 8 heteroatoms. The third kappa shape index (κ3) is 13.9. The van der Waals surface area contributed by atoms with Crippen LogP contribution in [0.25, 0.3) is 0 Å². The average Bonchev–Trinajstić information content (AvgIpc) is 2.73. The van der Waals surface area contributed by atoms with Gasteiger partial charge in [-0.15, -0.1) is 0 Å². The number of hydrogen-bond acceptors (Lipinski definition) is 7. The molecule has 0 saturated heterocycles. The highest BCUT2D eigenvalue weighted by atomic mass is 16.6. The number of esters is 1. The van der Waals surface area contributed by atoms with E-state index in [0.29, 0.717) is 6.42 Å². The molecule has 0 aromatic rings. The van der Waals surface area contributed by atoms with Gasteiger partial charge in [-0.1, -0.05) is 84.0 Å². The molecule has 0 bridgehead atoms. The van der Waals surface area contributed by atoms with Gasteiger partial charge in [0.1, 0.15) is 18.3 Å². The zero-order valence-electron chi connectivity index (χ0n) is 18.5. The van der Waals surface area contributed by atoms with E-state index in [4.69, 9.17) is 15.6 Å². The molecule has 6 N–H and O–H groups in total. The van der Waals surface area contributed by atoms with Crippen LogP contribution in [0.15, 0.2) is 0 Å². The van der Waals surface area contributed by atoms with Crippen molar-refractivity contribution < 1.29 is 34.8 Å². The summed E-state index contributed by atoms with van der Waals surface area (Å²) >= 11 is 0. The zero-order chi connectivity index (χ0) is 22.8. The number of aliphatic hydroxyl groups is 4. The van der Waals surface area contributed by atoms with Gasteiger partial charge in [0.15, 0.2) is 0 Å². The first kappa shape index (κ1) is 28.8. The number of amides is 1. The van der Waals surface area contributed by atoms with Crippen LogP contribution < -0.4 is 5.73 Å². The average molecular weight is 434 g/mol. The van der Waals surface area contributed by atoms with Gasteiger partial charge in [0, 0.05) is 6.42 Å². The molecule has 8 nitrogen and oxygen atoms in total. The van der Waals surface area contributed by atoms with Crippen LogP contribution in [0.5, 0.6) is 0 Å². The van der Waals surface area contributed by atoms with E-state index in [1.165, 1.54) is 57.8 Å². The molecule has 30 heavy (non-hydrogen) atoms. The van der Waals surface area contributed by atoms with Gasteiger partial charge in [0.05, 0.1) is 6.61 Å². The van der Waals surface area contributed by atoms with E-state index >= 15 is 0 Å². The van der Waals surface area contributed by atoms with E-state index in [1.54, 1.807) is 0 Å². The van der Waals surface area contributed by atoms with Crippen molar-refractivity contribution in [2.45, 2.75) is 121 Å². The Kier molecular flexibility index (Phi) is 17.8. The maximum absolute atomic E-state index is 11.9. The monoisotopic (exact) mass is 433 g/mol. The highest BCUT2D eigenvalue weighted by molar-refractivity contribution is 5.83. The Morgan fingerprint density at radius 1 is 0.767 bits per heavy atom. The molecule has 0 aliphatic rings. The smallest absolute Gasteiger partial charge is 0.306 e. The third-order valence-electron chi connectivity index (χ3n) is 5.26. The van der Waals surface area contributed by atoms with E-state index in [-0.39, 0.29) is 6.42 Å². The van der Waals surface area contributed by atoms with Crippen LogP contribution in [0.2, 0.25) is 0 Å². The van der Waals surface area contributed by atoms with Crippen molar-refractivity contribution in [3.63, 3.8) is 0 Å². The number of aliphatic hydroxyl groups excluding tert-OH is 4. The second kappa shape index (κ2) is 18.5. The fourth-order valence-corrected chi connectivity index (χ4v) is 3.30. The first-order valence-corrected chi connectivity index (χ1v) is 11.5. The predicted octanol–water partition coefficient (Wildman–Crippen LogP) is 1.94. The summed E-state index contributed by atoms with van der Waals surface area (Å²) in [7, 11) is 0. The molecule has 178 valence electrons. The maximum atomic E-state index is 11.9. The first-order valence-electron chi connectivity index (χ1n) is 11.5. The van der Waals surface area contributed by atoms with Gasteiger partial charge in [-0.3, -0.25) is 9.59 Å². The minimum Gasteiger partial charge on any atom is -0.449 e.